The lowest BCUT2D eigenvalue weighted by atomic mass is 10.2. The number of rotatable bonds is 4. The van der Waals surface area contributed by atoms with Gasteiger partial charge in [-0.2, -0.15) is 0 Å². The molecule has 1 saturated carbocycles. The molecule has 4 nitrogen and oxygen atoms in total. The molecule has 0 bridgehead atoms. The highest BCUT2D eigenvalue weighted by atomic mass is 35.5. The smallest absolute Gasteiger partial charge is 0.253 e. The van der Waals surface area contributed by atoms with Crippen LogP contribution in [0.3, 0.4) is 0 Å². The highest BCUT2D eigenvalue weighted by Crippen LogP contribution is 2.27. The van der Waals surface area contributed by atoms with Crippen LogP contribution in [0.25, 0.3) is 0 Å². The number of hydrogen-bond donors (Lipinski definition) is 2. The molecule has 23 heavy (non-hydrogen) atoms. The average molecular weight is 350 g/mol. The van der Waals surface area contributed by atoms with Gasteiger partial charge in [-0.25, -0.2) is 0 Å². The Morgan fingerprint density at radius 2 is 1.83 bits per heavy atom. The molecule has 0 spiro atoms. The number of halogens is 2. The molecule has 1 heterocycles. The van der Waals surface area contributed by atoms with E-state index in [2.05, 4.69) is 15.6 Å². The zero-order chi connectivity index (χ0) is 16.2. The molecule has 6 heteroatoms. The van der Waals surface area contributed by atoms with E-state index in [1.165, 1.54) is 12.8 Å². The third kappa shape index (κ3) is 4.15. The second-order valence-electron chi connectivity index (χ2n) is 5.67. The van der Waals surface area contributed by atoms with Crippen LogP contribution in [0.5, 0.6) is 0 Å². The molecule has 1 aliphatic rings. The van der Waals surface area contributed by atoms with Crippen molar-refractivity contribution in [3.05, 3.63) is 52.3 Å². The van der Waals surface area contributed by atoms with E-state index in [-0.39, 0.29) is 11.9 Å². The van der Waals surface area contributed by atoms with Crippen molar-refractivity contribution >= 4 is 40.5 Å². The number of pyridine rings is 1. The summed E-state index contributed by atoms with van der Waals surface area (Å²) in [7, 11) is 0. The van der Waals surface area contributed by atoms with Gasteiger partial charge in [0.05, 0.1) is 27.5 Å². The fourth-order valence-corrected chi connectivity index (χ4v) is 3.01. The Morgan fingerprint density at radius 1 is 1.04 bits per heavy atom. The van der Waals surface area contributed by atoms with E-state index in [0.717, 1.165) is 24.2 Å². The molecule has 120 valence electrons. The fourth-order valence-electron chi connectivity index (χ4n) is 2.71. The minimum atomic E-state index is -0.0813. The van der Waals surface area contributed by atoms with Gasteiger partial charge in [-0.1, -0.05) is 36.0 Å². The van der Waals surface area contributed by atoms with Gasteiger partial charge in [-0.15, -0.1) is 0 Å². The van der Waals surface area contributed by atoms with Gasteiger partial charge in [0, 0.05) is 17.9 Å². The van der Waals surface area contributed by atoms with Crippen molar-refractivity contribution in [2.24, 2.45) is 0 Å². The summed E-state index contributed by atoms with van der Waals surface area (Å²) in [6.07, 6.45) is 7.71. The Balaban J connectivity index is 1.71. The molecule has 1 aromatic heterocycles. The molecule has 1 fully saturated rings. The number of nitrogens with zero attached hydrogens (tertiary/aromatic N) is 1. The Labute approximate surface area is 145 Å². The second kappa shape index (κ2) is 7.20. The molecular weight excluding hydrogens is 333 g/mol. The Morgan fingerprint density at radius 3 is 2.57 bits per heavy atom. The zero-order valence-electron chi connectivity index (χ0n) is 12.5. The topological polar surface area (TPSA) is 54.0 Å². The number of carbonyl (C=O) groups excluding carboxylic acids is 1. The number of amides is 1. The van der Waals surface area contributed by atoms with Crippen molar-refractivity contribution in [3.63, 3.8) is 0 Å². The van der Waals surface area contributed by atoms with Crippen LogP contribution in [-0.4, -0.2) is 16.9 Å². The summed E-state index contributed by atoms with van der Waals surface area (Å²) in [5.74, 6) is -0.0813. The van der Waals surface area contributed by atoms with E-state index >= 15 is 0 Å². The van der Waals surface area contributed by atoms with Crippen LogP contribution in [0.15, 0.2) is 36.7 Å². The minimum absolute atomic E-state index is 0.0813. The average Bonchev–Trinajstić information content (AvgIpc) is 3.04. The molecule has 0 atom stereocenters. The predicted octanol–water partition coefficient (Wildman–Crippen LogP) is 4.80. The summed E-state index contributed by atoms with van der Waals surface area (Å²) in [5, 5.41) is 7.20. The van der Waals surface area contributed by atoms with Crippen molar-refractivity contribution in [1.29, 1.82) is 0 Å². The molecule has 1 aliphatic carbocycles. The summed E-state index contributed by atoms with van der Waals surface area (Å²) in [6.45, 7) is 0. The number of nitrogens with one attached hydrogen (secondary N) is 2. The maximum Gasteiger partial charge on any atom is 0.253 e. The first-order valence-corrected chi connectivity index (χ1v) is 8.35. The maximum absolute atomic E-state index is 12.3. The van der Waals surface area contributed by atoms with E-state index in [9.17, 15) is 4.79 Å². The van der Waals surface area contributed by atoms with Crippen LogP contribution < -0.4 is 10.6 Å². The molecular formula is C17H17Cl2N3O. The number of hydrogen-bond acceptors (Lipinski definition) is 3. The first kappa shape index (κ1) is 16.1. The highest BCUT2D eigenvalue weighted by Gasteiger charge is 2.18. The van der Waals surface area contributed by atoms with Crippen molar-refractivity contribution in [3.8, 4) is 0 Å². The standard InChI is InChI=1S/C17H17Cl2N3O/c18-15-6-5-13(8-16(15)19)21-14-7-11(9-20-10-14)17(23)22-12-3-1-2-4-12/h5-10,12,21H,1-4H2,(H,22,23). The van der Waals surface area contributed by atoms with E-state index in [1.807, 2.05) is 6.07 Å². The molecule has 0 unspecified atom stereocenters. The zero-order valence-corrected chi connectivity index (χ0v) is 14.0. The summed E-state index contributed by atoms with van der Waals surface area (Å²) >= 11 is 11.9. The van der Waals surface area contributed by atoms with Gasteiger partial charge in [0.15, 0.2) is 0 Å². The monoisotopic (exact) mass is 349 g/mol. The Hall–Kier alpha value is -1.78. The molecule has 3 rings (SSSR count). The third-order valence-electron chi connectivity index (χ3n) is 3.90. The third-order valence-corrected chi connectivity index (χ3v) is 4.64. The molecule has 0 aliphatic heterocycles. The molecule has 1 aromatic carbocycles. The van der Waals surface area contributed by atoms with Crippen LogP contribution in [0, 0.1) is 0 Å². The molecule has 1 amide bonds. The van der Waals surface area contributed by atoms with Gasteiger partial charge in [-0.3, -0.25) is 9.78 Å². The van der Waals surface area contributed by atoms with Crippen LogP contribution >= 0.6 is 23.2 Å². The first-order chi connectivity index (χ1) is 11.1. The second-order valence-corrected chi connectivity index (χ2v) is 6.49. The number of aromatic nitrogens is 1. The molecule has 2 aromatic rings. The largest absolute Gasteiger partial charge is 0.354 e. The lowest BCUT2D eigenvalue weighted by Gasteiger charge is -2.13. The summed E-state index contributed by atoms with van der Waals surface area (Å²) in [4.78, 5) is 16.4. The van der Waals surface area contributed by atoms with Crippen LogP contribution in [0.1, 0.15) is 36.0 Å². The van der Waals surface area contributed by atoms with Gasteiger partial charge < -0.3 is 10.6 Å². The quantitative estimate of drug-likeness (QED) is 0.832. The van der Waals surface area contributed by atoms with Crippen molar-refractivity contribution < 1.29 is 4.79 Å². The van der Waals surface area contributed by atoms with Crippen LogP contribution in [-0.2, 0) is 0 Å². The molecule has 0 saturated heterocycles. The predicted molar refractivity (Wildman–Crippen MR) is 93.7 cm³/mol. The normalized spacial score (nSPS) is 14.7. The van der Waals surface area contributed by atoms with E-state index in [4.69, 9.17) is 23.2 Å². The number of anilines is 2. The minimum Gasteiger partial charge on any atom is -0.354 e. The fraction of sp³-hybridized carbons (Fsp3) is 0.294. The lowest BCUT2D eigenvalue weighted by molar-refractivity contribution is 0.0937. The van der Waals surface area contributed by atoms with Crippen molar-refractivity contribution in [2.45, 2.75) is 31.7 Å². The van der Waals surface area contributed by atoms with Crippen molar-refractivity contribution in [2.75, 3.05) is 5.32 Å². The highest BCUT2D eigenvalue weighted by molar-refractivity contribution is 6.42. The summed E-state index contributed by atoms with van der Waals surface area (Å²) in [5.41, 5.74) is 2.05. The first-order valence-electron chi connectivity index (χ1n) is 7.60. The van der Waals surface area contributed by atoms with E-state index in [0.29, 0.717) is 15.6 Å². The van der Waals surface area contributed by atoms with Gasteiger partial charge in [-0.05, 0) is 37.1 Å². The van der Waals surface area contributed by atoms with E-state index in [1.54, 1.807) is 30.6 Å². The number of carbonyl (C=O) groups is 1. The van der Waals surface area contributed by atoms with Crippen LogP contribution in [0.2, 0.25) is 10.0 Å². The van der Waals surface area contributed by atoms with Gasteiger partial charge in [0.25, 0.3) is 5.91 Å². The van der Waals surface area contributed by atoms with Gasteiger partial charge >= 0.3 is 0 Å². The van der Waals surface area contributed by atoms with Gasteiger partial charge in [0.2, 0.25) is 0 Å². The van der Waals surface area contributed by atoms with Crippen LogP contribution in [0.4, 0.5) is 11.4 Å². The van der Waals surface area contributed by atoms with Crippen molar-refractivity contribution in [1.82, 2.24) is 10.3 Å². The number of benzene rings is 1. The van der Waals surface area contributed by atoms with E-state index < -0.39 is 0 Å². The Bertz CT molecular complexity index is 715. The maximum atomic E-state index is 12.3. The molecule has 2 N–H and O–H groups in total. The Kier molecular flexibility index (Phi) is 5.03. The van der Waals surface area contributed by atoms with Gasteiger partial charge in [0.1, 0.15) is 0 Å². The lowest BCUT2D eigenvalue weighted by Crippen LogP contribution is -2.32. The molecule has 0 radical (unpaired) electrons. The SMILES string of the molecule is O=C(NC1CCCC1)c1cncc(Nc2ccc(Cl)c(Cl)c2)c1. The summed E-state index contributed by atoms with van der Waals surface area (Å²) < 4.78 is 0. The summed E-state index contributed by atoms with van der Waals surface area (Å²) in [6, 6.07) is 7.33.